The molecule has 134 valence electrons. The number of rotatable bonds is 4. The predicted octanol–water partition coefficient (Wildman–Crippen LogP) is 4.87. The average Bonchev–Trinajstić information content (AvgIpc) is 3.29. The highest BCUT2D eigenvalue weighted by atomic mass is 35.5. The Labute approximate surface area is 156 Å². The number of carbonyl (C=O) groups excluding carboxylic acids is 1. The molecule has 1 amide bonds. The molecule has 1 aromatic heterocycles. The SMILES string of the molecule is O=C(NCc1ccc(F)cc1Cl)c1ccc2c(c1)ncn2C1CCCC1. The van der Waals surface area contributed by atoms with Gasteiger partial charge in [0.15, 0.2) is 0 Å². The van der Waals surface area contributed by atoms with Crippen molar-refractivity contribution in [2.45, 2.75) is 38.3 Å². The number of carbonyl (C=O) groups is 1. The van der Waals surface area contributed by atoms with Crippen LogP contribution < -0.4 is 5.32 Å². The molecule has 0 radical (unpaired) electrons. The molecule has 1 aliphatic rings. The lowest BCUT2D eigenvalue weighted by Gasteiger charge is -2.12. The summed E-state index contributed by atoms with van der Waals surface area (Å²) >= 11 is 6.00. The van der Waals surface area contributed by atoms with Gasteiger partial charge in [0.1, 0.15) is 5.82 Å². The van der Waals surface area contributed by atoms with Crippen molar-refractivity contribution in [3.63, 3.8) is 0 Å². The van der Waals surface area contributed by atoms with Gasteiger partial charge in [-0.1, -0.05) is 30.5 Å². The third-order valence-corrected chi connectivity index (χ3v) is 5.36. The van der Waals surface area contributed by atoms with Gasteiger partial charge in [-0.05, 0) is 48.7 Å². The number of hydrogen-bond donors (Lipinski definition) is 1. The fraction of sp³-hybridized carbons (Fsp3) is 0.300. The summed E-state index contributed by atoms with van der Waals surface area (Å²) < 4.78 is 15.3. The zero-order valence-electron chi connectivity index (χ0n) is 14.2. The van der Waals surface area contributed by atoms with Gasteiger partial charge in [-0.2, -0.15) is 0 Å². The molecule has 0 unspecified atom stereocenters. The minimum atomic E-state index is -0.395. The number of fused-ring (bicyclic) bond motifs is 1. The Bertz CT molecular complexity index is 963. The molecule has 0 bridgehead atoms. The minimum absolute atomic E-state index is 0.206. The molecular formula is C20H19ClFN3O. The van der Waals surface area contributed by atoms with E-state index in [2.05, 4.69) is 14.9 Å². The van der Waals surface area contributed by atoms with Gasteiger partial charge in [-0.3, -0.25) is 4.79 Å². The third-order valence-electron chi connectivity index (χ3n) is 5.01. The maximum atomic E-state index is 13.1. The lowest BCUT2D eigenvalue weighted by Crippen LogP contribution is -2.22. The summed E-state index contributed by atoms with van der Waals surface area (Å²) in [6.07, 6.45) is 6.77. The summed E-state index contributed by atoms with van der Waals surface area (Å²) in [4.78, 5) is 16.9. The van der Waals surface area contributed by atoms with Crippen LogP contribution in [0.15, 0.2) is 42.7 Å². The van der Waals surface area contributed by atoms with Crippen LogP contribution in [0, 0.1) is 5.82 Å². The average molecular weight is 372 g/mol. The Kier molecular flexibility index (Phi) is 4.64. The second-order valence-corrected chi connectivity index (χ2v) is 7.12. The second kappa shape index (κ2) is 7.08. The van der Waals surface area contributed by atoms with Crippen molar-refractivity contribution >= 4 is 28.5 Å². The van der Waals surface area contributed by atoms with Crippen molar-refractivity contribution in [3.8, 4) is 0 Å². The van der Waals surface area contributed by atoms with E-state index >= 15 is 0 Å². The van der Waals surface area contributed by atoms with Crippen molar-refractivity contribution in [2.24, 2.45) is 0 Å². The number of nitrogens with one attached hydrogen (secondary N) is 1. The molecule has 3 aromatic rings. The quantitative estimate of drug-likeness (QED) is 0.710. The highest BCUT2D eigenvalue weighted by molar-refractivity contribution is 6.31. The fourth-order valence-electron chi connectivity index (χ4n) is 3.59. The largest absolute Gasteiger partial charge is 0.348 e. The molecule has 2 aromatic carbocycles. The van der Waals surface area contributed by atoms with Crippen LogP contribution in [0.4, 0.5) is 4.39 Å². The molecule has 1 aliphatic carbocycles. The van der Waals surface area contributed by atoms with Crippen LogP contribution >= 0.6 is 11.6 Å². The first kappa shape index (κ1) is 17.0. The molecule has 26 heavy (non-hydrogen) atoms. The first-order valence-corrected chi connectivity index (χ1v) is 9.18. The molecule has 1 heterocycles. The number of nitrogens with zero attached hydrogens (tertiary/aromatic N) is 2. The lowest BCUT2D eigenvalue weighted by molar-refractivity contribution is 0.0951. The number of amides is 1. The van der Waals surface area contributed by atoms with Crippen LogP contribution in [0.25, 0.3) is 11.0 Å². The van der Waals surface area contributed by atoms with Crippen molar-refractivity contribution in [1.29, 1.82) is 0 Å². The van der Waals surface area contributed by atoms with Gasteiger partial charge in [0.2, 0.25) is 0 Å². The van der Waals surface area contributed by atoms with Crippen LogP contribution in [-0.2, 0) is 6.54 Å². The third kappa shape index (κ3) is 3.31. The van der Waals surface area contributed by atoms with E-state index in [1.54, 1.807) is 6.07 Å². The van der Waals surface area contributed by atoms with Crippen molar-refractivity contribution in [1.82, 2.24) is 14.9 Å². The summed E-state index contributed by atoms with van der Waals surface area (Å²) in [6, 6.07) is 10.2. The minimum Gasteiger partial charge on any atom is -0.348 e. The Morgan fingerprint density at radius 2 is 2.04 bits per heavy atom. The highest BCUT2D eigenvalue weighted by Crippen LogP contribution is 2.32. The standard InChI is InChI=1S/C20H19ClFN3O/c21-17-10-15(22)7-5-14(17)11-23-20(26)13-6-8-19-18(9-13)24-12-25(19)16-3-1-2-4-16/h5-10,12,16H,1-4,11H2,(H,23,26). The Morgan fingerprint density at radius 3 is 2.81 bits per heavy atom. The van der Waals surface area contributed by atoms with E-state index in [-0.39, 0.29) is 12.5 Å². The van der Waals surface area contributed by atoms with E-state index in [0.717, 1.165) is 11.0 Å². The Balaban J connectivity index is 1.50. The maximum absolute atomic E-state index is 13.1. The van der Waals surface area contributed by atoms with Crippen LogP contribution in [0.3, 0.4) is 0 Å². The van der Waals surface area contributed by atoms with Gasteiger partial charge in [-0.25, -0.2) is 9.37 Å². The molecule has 4 nitrogen and oxygen atoms in total. The van der Waals surface area contributed by atoms with E-state index in [1.165, 1.54) is 37.8 Å². The van der Waals surface area contributed by atoms with Gasteiger partial charge in [0, 0.05) is 23.2 Å². The predicted molar refractivity (Wildman–Crippen MR) is 99.8 cm³/mol. The van der Waals surface area contributed by atoms with E-state index in [0.29, 0.717) is 22.2 Å². The first-order chi connectivity index (χ1) is 12.6. The van der Waals surface area contributed by atoms with Gasteiger partial charge < -0.3 is 9.88 Å². The van der Waals surface area contributed by atoms with E-state index in [1.807, 2.05) is 24.5 Å². The molecule has 1 saturated carbocycles. The Hall–Kier alpha value is -2.40. The molecule has 6 heteroatoms. The van der Waals surface area contributed by atoms with Crippen LogP contribution in [-0.4, -0.2) is 15.5 Å². The van der Waals surface area contributed by atoms with Crippen molar-refractivity contribution in [3.05, 3.63) is 64.7 Å². The van der Waals surface area contributed by atoms with Crippen molar-refractivity contribution < 1.29 is 9.18 Å². The number of halogens is 2. The molecule has 0 atom stereocenters. The van der Waals surface area contributed by atoms with E-state index < -0.39 is 5.82 Å². The van der Waals surface area contributed by atoms with Crippen LogP contribution in [0.5, 0.6) is 0 Å². The Morgan fingerprint density at radius 1 is 1.23 bits per heavy atom. The number of benzene rings is 2. The van der Waals surface area contributed by atoms with Crippen molar-refractivity contribution in [2.75, 3.05) is 0 Å². The number of imidazole rings is 1. The molecule has 0 saturated heterocycles. The number of hydrogen-bond acceptors (Lipinski definition) is 2. The zero-order chi connectivity index (χ0) is 18.1. The summed E-state index contributed by atoms with van der Waals surface area (Å²) in [5.74, 6) is -0.601. The van der Waals surface area contributed by atoms with Gasteiger partial charge in [0.05, 0.1) is 17.4 Å². The maximum Gasteiger partial charge on any atom is 0.251 e. The topological polar surface area (TPSA) is 46.9 Å². The van der Waals surface area contributed by atoms with Crippen LogP contribution in [0.1, 0.15) is 47.6 Å². The van der Waals surface area contributed by atoms with Gasteiger partial charge in [0.25, 0.3) is 5.91 Å². The smallest absolute Gasteiger partial charge is 0.251 e. The van der Waals surface area contributed by atoms with Gasteiger partial charge in [-0.15, -0.1) is 0 Å². The summed E-state index contributed by atoms with van der Waals surface area (Å²) in [6.45, 7) is 0.243. The van der Waals surface area contributed by atoms with E-state index in [9.17, 15) is 9.18 Å². The molecule has 0 aliphatic heterocycles. The molecular weight excluding hydrogens is 353 g/mol. The van der Waals surface area contributed by atoms with Crippen LogP contribution in [0.2, 0.25) is 5.02 Å². The normalized spacial score (nSPS) is 14.8. The second-order valence-electron chi connectivity index (χ2n) is 6.71. The summed E-state index contributed by atoms with van der Waals surface area (Å²) in [5.41, 5.74) is 3.11. The lowest BCUT2D eigenvalue weighted by atomic mass is 10.1. The summed E-state index contributed by atoms with van der Waals surface area (Å²) in [7, 11) is 0. The molecule has 1 fully saturated rings. The first-order valence-electron chi connectivity index (χ1n) is 8.80. The van der Waals surface area contributed by atoms with Gasteiger partial charge >= 0.3 is 0 Å². The molecule has 0 spiro atoms. The van der Waals surface area contributed by atoms with E-state index in [4.69, 9.17) is 11.6 Å². The molecule has 4 rings (SSSR count). The fourth-order valence-corrected chi connectivity index (χ4v) is 3.82. The number of aromatic nitrogens is 2. The monoisotopic (exact) mass is 371 g/mol. The summed E-state index contributed by atoms with van der Waals surface area (Å²) in [5, 5.41) is 3.12. The molecule has 1 N–H and O–H groups in total. The zero-order valence-corrected chi connectivity index (χ0v) is 15.0. The highest BCUT2D eigenvalue weighted by Gasteiger charge is 2.19.